The van der Waals surface area contributed by atoms with Crippen molar-refractivity contribution in [3.8, 4) is 0 Å². The summed E-state index contributed by atoms with van der Waals surface area (Å²) in [5.41, 5.74) is 2.91. The van der Waals surface area contributed by atoms with E-state index in [1.165, 1.54) is 11.1 Å². The van der Waals surface area contributed by atoms with Gasteiger partial charge >= 0.3 is 0 Å². The third-order valence-electron chi connectivity index (χ3n) is 2.08. The highest BCUT2D eigenvalue weighted by Gasteiger charge is 2.27. The Morgan fingerprint density at radius 1 is 1.18 bits per heavy atom. The van der Waals surface area contributed by atoms with Crippen LogP contribution in [0.25, 0.3) is 0 Å². The molecule has 2 atom stereocenters. The molecule has 0 heterocycles. The van der Waals surface area contributed by atoms with E-state index in [-0.39, 0.29) is 0 Å². The summed E-state index contributed by atoms with van der Waals surface area (Å²) in [5, 5.41) is 0. The second-order valence-corrected chi connectivity index (χ2v) is 4.98. The first-order valence-corrected chi connectivity index (χ1v) is 5.48. The average Bonchev–Trinajstić information content (AvgIpc) is 2.30. The van der Waals surface area contributed by atoms with Crippen LogP contribution >= 0.6 is 31.9 Å². The van der Waals surface area contributed by atoms with Crippen LogP contribution in [-0.2, 0) is 6.42 Å². The van der Waals surface area contributed by atoms with E-state index in [0.29, 0.717) is 9.65 Å². The second kappa shape index (κ2) is 2.91. The third-order valence-corrected chi connectivity index (χ3v) is 4.78. The number of fused-ring (bicyclic) bond motifs is 1. The smallest absolute Gasteiger partial charge is 0.0526 e. The van der Waals surface area contributed by atoms with Crippen molar-refractivity contribution in [3.05, 3.63) is 35.4 Å². The quantitative estimate of drug-likeness (QED) is 0.637. The fourth-order valence-electron chi connectivity index (χ4n) is 1.50. The van der Waals surface area contributed by atoms with E-state index in [1.807, 2.05) is 0 Å². The van der Waals surface area contributed by atoms with Crippen molar-refractivity contribution in [1.29, 1.82) is 0 Å². The summed E-state index contributed by atoms with van der Waals surface area (Å²) in [4.78, 5) is 1.07. The van der Waals surface area contributed by atoms with Crippen LogP contribution in [0.15, 0.2) is 24.3 Å². The lowest BCUT2D eigenvalue weighted by atomic mass is 10.1. The molecular formula is C9H8Br2. The number of alkyl halides is 2. The Balaban J connectivity index is 2.47. The summed E-state index contributed by atoms with van der Waals surface area (Å²) in [6, 6.07) is 8.59. The maximum Gasteiger partial charge on any atom is 0.0526 e. The zero-order valence-corrected chi connectivity index (χ0v) is 9.10. The molecule has 58 valence electrons. The topological polar surface area (TPSA) is 0 Å². The molecule has 0 spiro atoms. The van der Waals surface area contributed by atoms with Crippen LogP contribution in [0.1, 0.15) is 16.0 Å². The maximum atomic E-state index is 3.66. The lowest BCUT2D eigenvalue weighted by Crippen LogP contribution is -1.97. The maximum absolute atomic E-state index is 3.66. The van der Waals surface area contributed by atoms with Gasteiger partial charge in [-0.3, -0.25) is 0 Å². The molecule has 0 nitrogen and oxygen atoms in total. The molecular weight excluding hydrogens is 268 g/mol. The van der Waals surface area contributed by atoms with Crippen molar-refractivity contribution in [1.82, 2.24) is 0 Å². The predicted molar refractivity (Wildman–Crippen MR) is 54.5 cm³/mol. The van der Waals surface area contributed by atoms with Crippen LogP contribution < -0.4 is 0 Å². The molecule has 2 rings (SSSR count). The average molecular weight is 276 g/mol. The first-order chi connectivity index (χ1) is 5.29. The number of benzene rings is 1. The van der Waals surface area contributed by atoms with E-state index in [9.17, 15) is 0 Å². The molecule has 0 bridgehead atoms. The summed E-state index contributed by atoms with van der Waals surface area (Å²) in [6.45, 7) is 0. The van der Waals surface area contributed by atoms with Gasteiger partial charge in [-0.1, -0.05) is 56.1 Å². The van der Waals surface area contributed by atoms with E-state index in [1.54, 1.807) is 0 Å². The molecule has 0 aliphatic heterocycles. The molecule has 0 fully saturated rings. The van der Waals surface area contributed by atoms with Crippen molar-refractivity contribution >= 4 is 31.9 Å². The van der Waals surface area contributed by atoms with Crippen LogP contribution in [0.2, 0.25) is 0 Å². The van der Waals surface area contributed by atoms with Gasteiger partial charge in [0, 0.05) is 4.83 Å². The van der Waals surface area contributed by atoms with E-state index in [4.69, 9.17) is 0 Å². The number of halogens is 2. The molecule has 2 heteroatoms. The van der Waals surface area contributed by atoms with E-state index in [2.05, 4.69) is 56.1 Å². The van der Waals surface area contributed by atoms with Crippen molar-refractivity contribution in [2.75, 3.05) is 0 Å². The minimum Gasteiger partial charge on any atom is -0.0871 e. The largest absolute Gasteiger partial charge is 0.0871 e. The van der Waals surface area contributed by atoms with Gasteiger partial charge in [-0.2, -0.15) is 0 Å². The SMILES string of the molecule is Br[C@@H]1c2ccccc2C[C@@H]1Br. The fourth-order valence-corrected chi connectivity index (χ4v) is 2.76. The number of rotatable bonds is 0. The Bertz CT molecular complexity index is 270. The van der Waals surface area contributed by atoms with Gasteiger partial charge in [0.25, 0.3) is 0 Å². The molecule has 11 heavy (non-hydrogen) atoms. The molecule has 0 amide bonds. The highest BCUT2D eigenvalue weighted by atomic mass is 79.9. The van der Waals surface area contributed by atoms with Gasteiger partial charge in [0.15, 0.2) is 0 Å². The molecule has 0 N–H and O–H groups in total. The van der Waals surface area contributed by atoms with Crippen molar-refractivity contribution < 1.29 is 0 Å². The molecule has 0 radical (unpaired) electrons. The third kappa shape index (κ3) is 1.27. The second-order valence-electron chi connectivity index (χ2n) is 2.82. The van der Waals surface area contributed by atoms with Gasteiger partial charge in [0.05, 0.1) is 4.83 Å². The summed E-state index contributed by atoms with van der Waals surface area (Å²) in [5.74, 6) is 0. The number of hydrogen-bond donors (Lipinski definition) is 0. The Morgan fingerprint density at radius 3 is 2.64 bits per heavy atom. The lowest BCUT2D eigenvalue weighted by Gasteiger charge is -2.04. The highest BCUT2D eigenvalue weighted by molar-refractivity contribution is 9.12. The normalized spacial score (nSPS) is 28.5. The van der Waals surface area contributed by atoms with E-state index < -0.39 is 0 Å². The highest BCUT2D eigenvalue weighted by Crippen LogP contribution is 2.41. The van der Waals surface area contributed by atoms with Gasteiger partial charge in [-0.05, 0) is 17.5 Å². The first-order valence-electron chi connectivity index (χ1n) is 3.65. The van der Waals surface area contributed by atoms with Gasteiger partial charge in [-0.15, -0.1) is 0 Å². The lowest BCUT2D eigenvalue weighted by molar-refractivity contribution is 0.945. The molecule has 0 unspecified atom stereocenters. The summed E-state index contributed by atoms with van der Waals surface area (Å²) in [6.07, 6.45) is 1.14. The van der Waals surface area contributed by atoms with Crippen molar-refractivity contribution in [2.24, 2.45) is 0 Å². The van der Waals surface area contributed by atoms with Crippen LogP contribution in [0.4, 0.5) is 0 Å². The minimum absolute atomic E-state index is 0.499. The molecule has 0 saturated heterocycles. The summed E-state index contributed by atoms with van der Waals surface area (Å²) >= 11 is 7.29. The minimum atomic E-state index is 0.499. The van der Waals surface area contributed by atoms with Gasteiger partial charge in [0.2, 0.25) is 0 Å². The standard InChI is InChI=1S/C9H8Br2/c10-8-5-6-3-1-2-4-7(6)9(8)11/h1-4,8-9H,5H2/t8-,9+/m0/s1. The molecule has 1 aliphatic carbocycles. The monoisotopic (exact) mass is 274 g/mol. The fraction of sp³-hybridized carbons (Fsp3) is 0.333. The molecule has 1 aliphatic rings. The van der Waals surface area contributed by atoms with Crippen LogP contribution in [0, 0.1) is 0 Å². The summed E-state index contributed by atoms with van der Waals surface area (Å²) in [7, 11) is 0. The Hall–Kier alpha value is 0.180. The van der Waals surface area contributed by atoms with Gasteiger partial charge in [-0.25, -0.2) is 0 Å². The zero-order valence-electron chi connectivity index (χ0n) is 5.93. The zero-order chi connectivity index (χ0) is 7.84. The van der Waals surface area contributed by atoms with Gasteiger partial charge in [0.1, 0.15) is 0 Å². The van der Waals surface area contributed by atoms with E-state index in [0.717, 1.165) is 6.42 Å². The molecule has 0 aromatic heterocycles. The van der Waals surface area contributed by atoms with E-state index >= 15 is 0 Å². The molecule has 1 aromatic carbocycles. The van der Waals surface area contributed by atoms with Crippen molar-refractivity contribution in [3.63, 3.8) is 0 Å². The Morgan fingerprint density at radius 2 is 1.91 bits per heavy atom. The molecule has 1 aromatic rings. The van der Waals surface area contributed by atoms with Gasteiger partial charge < -0.3 is 0 Å². The number of hydrogen-bond acceptors (Lipinski definition) is 0. The van der Waals surface area contributed by atoms with Crippen LogP contribution in [0.5, 0.6) is 0 Å². The van der Waals surface area contributed by atoms with Crippen LogP contribution in [-0.4, -0.2) is 4.83 Å². The molecule has 0 saturated carbocycles. The van der Waals surface area contributed by atoms with Crippen LogP contribution in [0.3, 0.4) is 0 Å². The Kier molecular flexibility index (Phi) is 2.06. The first kappa shape index (κ1) is 7.81. The van der Waals surface area contributed by atoms with Crippen molar-refractivity contribution in [2.45, 2.75) is 16.1 Å². The Labute approximate surface area is 83.3 Å². The summed E-state index contributed by atoms with van der Waals surface area (Å²) < 4.78 is 0. The predicted octanol–water partition coefficient (Wildman–Crippen LogP) is 3.44.